The topological polar surface area (TPSA) is 175 Å². The smallest absolute Gasteiger partial charge is 0.408 e. The van der Waals surface area contributed by atoms with Crippen LogP contribution in [-0.4, -0.2) is 89.3 Å². The molecule has 5 amide bonds. The summed E-state index contributed by atoms with van der Waals surface area (Å²) in [6.45, 7) is 22.6. The summed E-state index contributed by atoms with van der Waals surface area (Å²) in [7, 11) is 0. The predicted octanol–water partition coefficient (Wildman–Crippen LogP) is 3.60. The molecular formula is C34H65N5O7S. The van der Waals surface area contributed by atoms with Crippen LogP contribution < -0.4 is 26.6 Å². The van der Waals surface area contributed by atoms with E-state index in [-0.39, 0.29) is 41.9 Å². The van der Waals surface area contributed by atoms with Crippen molar-refractivity contribution in [3.05, 3.63) is 0 Å². The average molecular weight is 688 g/mol. The first-order valence-corrected chi connectivity index (χ1v) is 18.3. The van der Waals surface area contributed by atoms with Crippen molar-refractivity contribution in [2.45, 2.75) is 138 Å². The van der Waals surface area contributed by atoms with Crippen LogP contribution in [0.25, 0.3) is 0 Å². The van der Waals surface area contributed by atoms with Crippen molar-refractivity contribution in [2.24, 2.45) is 29.6 Å². The molecule has 0 saturated heterocycles. The lowest BCUT2D eigenvalue weighted by Gasteiger charge is -2.31. The Kier molecular flexibility index (Phi) is 20.3. The number of carbonyl (C=O) groups is 5. The maximum absolute atomic E-state index is 13.6. The highest BCUT2D eigenvalue weighted by Crippen LogP contribution is 2.17. The first kappa shape index (κ1) is 44.5. The normalized spacial score (nSPS) is 15.8. The Bertz CT molecular complexity index is 1000. The van der Waals surface area contributed by atoms with Crippen LogP contribution in [0.2, 0.25) is 0 Å². The van der Waals surface area contributed by atoms with E-state index in [9.17, 15) is 29.1 Å². The maximum Gasteiger partial charge on any atom is 0.408 e. The zero-order valence-corrected chi connectivity index (χ0v) is 31.9. The number of alkyl carbamates (subject to hydrolysis) is 1. The van der Waals surface area contributed by atoms with Crippen LogP contribution in [0.15, 0.2) is 0 Å². The van der Waals surface area contributed by atoms with E-state index >= 15 is 0 Å². The van der Waals surface area contributed by atoms with E-state index < -0.39 is 59.7 Å². The lowest BCUT2D eigenvalue weighted by atomic mass is 9.91. The highest BCUT2D eigenvalue weighted by Gasteiger charge is 2.33. The van der Waals surface area contributed by atoms with Gasteiger partial charge in [0.25, 0.3) is 0 Å². The minimum atomic E-state index is -1.07. The second-order valence-corrected chi connectivity index (χ2v) is 16.0. The zero-order valence-electron chi connectivity index (χ0n) is 31.1. The Morgan fingerprint density at radius 1 is 0.702 bits per heavy atom. The van der Waals surface area contributed by atoms with E-state index in [0.717, 1.165) is 0 Å². The number of rotatable bonds is 20. The number of ether oxygens (including phenoxy) is 1. The minimum absolute atomic E-state index is 0.0546. The second kappa shape index (κ2) is 21.4. The number of carbonyl (C=O) groups excluding carboxylic acids is 5. The number of nitrogens with one attached hydrogen (secondary N) is 5. The Morgan fingerprint density at radius 2 is 1.26 bits per heavy atom. The lowest BCUT2D eigenvalue weighted by molar-refractivity contribution is -0.133. The van der Waals surface area contributed by atoms with Gasteiger partial charge in [0.1, 0.15) is 23.7 Å². The molecule has 0 fully saturated rings. The molecule has 0 radical (unpaired) electrons. The fraction of sp³-hybridized carbons (Fsp3) is 0.853. The van der Waals surface area contributed by atoms with Gasteiger partial charge in [-0.2, -0.15) is 11.8 Å². The van der Waals surface area contributed by atoms with Gasteiger partial charge in [-0.3, -0.25) is 19.2 Å². The van der Waals surface area contributed by atoms with Crippen molar-refractivity contribution in [2.75, 3.05) is 18.6 Å². The predicted molar refractivity (Wildman–Crippen MR) is 189 cm³/mol. The van der Waals surface area contributed by atoms with Gasteiger partial charge in [-0.1, -0.05) is 62.3 Å². The zero-order chi connectivity index (χ0) is 36.6. The van der Waals surface area contributed by atoms with Crippen molar-refractivity contribution < 1.29 is 33.8 Å². The third-order valence-corrected chi connectivity index (χ3v) is 8.00. The first-order valence-electron chi connectivity index (χ1n) is 16.9. The molecule has 0 aromatic carbocycles. The SMILES string of the molecule is CSCC[C@H](NC(=O)[C@@H](NC(=O)OC(C)(C)C)C(C)C)C(=O)N[C@@H](CC(C)C)[C@@H](O)C[C@@H](C)C(=O)N[C@H](C(=O)NCC(C)C)C(C)C. The lowest BCUT2D eigenvalue weighted by Crippen LogP contribution is -2.58. The summed E-state index contributed by atoms with van der Waals surface area (Å²) in [5.41, 5.74) is -0.745. The quantitative estimate of drug-likeness (QED) is 0.113. The molecule has 0 bridgehead atoms. The molecule has 47 heavy (non-hydrogen) atoms. The van der Waals surface area contributed by atoms with Crippen molar-refractivity contribution in [1.29, 1.82) is 0 Å². The summed E-state index contributed by atoms with van der Waals surface area (Å²) in [6, 6.07) is -3.27. The average Bonchev–Trinajstić information content (AvgIpc) is 2.92. The first-order chi connectivity index (χ1) is 21.6. The van der Waals surface area contributed by atoms with E-state index in [1.807, 2.05) is 47.8 Å². The largest absolute Gasteiger partial charge is 0.444 e. The second-order valence-electron chi connectivity index (χ2n) is 15.0. The van der Waals surface area contributed by atoms with E-state index in [1.165, 1.54) is 11.8 Å². The van der Waals surface area contributed by atoms with E-state index in [0.29, 0.717) is 25.1 Å². The fourth-order valence-electron chi connectivity index (χ4n) is 4.72. The highest BCUT2D eigenvalue weighted by atomic mass is 32.2. The number of aliphatic hydroxyl groups is 1. The molecule has 0 aromatic rings. The van der Waals surface area contributed by atoms with Gasteiger partial charge < -0.3 is 36.4 Å². The molecule has 0 saturated carbocycles. The third-order valence-electron chi connectivity index (χ3n) is 7.36. The monoisotopic (exact) mass is 687 g/mol. The van der Waals surface area contributed by atoms with Gasteiger partial charge >= 0.3 is 6.09 Å². The van der Waals surface area contributed by atoms with Gasteiger partial charge in [0.15, 0.2) is 0 Å². The number of hydrogen-bond donors (Lipinski definition) is 6. The number of aliphatic hydroxyl groups excluding tert-OH is 1. The summed E-state index contributed by atoms with van der Waals surface area (Å²) in [5.74, 6) is -1.70. The minimum Gasteiger partial charge on any atom is -0.444 e. The van der Waals surface area contributed by atoms with Crippen LogP contribution >= 0.6 is 11.8 Å². The number of hydrogen-bond acceptors (Lipinski definition) is 8. The van der Waals surface area contributed by atoms with Crippen LogP contribution in [0.5, 0.6) is 0 Å². The molecule has 6 atom stereocenters. The summed E-state index contributed by atoms with van der Waals surface area (Å²) in [4.78, 5) is 65.3. The molecule has 0 aliphatic carbocycles. The molecule has 0 rings (SSSR count). The summed E-state index contributed by atoms with van der Waals surface area (Å²) < 4.78 is 5.33. The van der Waals surface area contributed by atoms with Gasteiger partial charge in [-0.05, 0) is 75.7 Å². The summed E-state index contributed by atoms with van der Waals surface area (Å²) in [6.07, 6.45) is 0.918. The Hall–Kier alpha value is -2.54. The van der Waals surface area contributed by atoms with Crippen LogP contribution in [0.1, 0.15) is 102 Å². The van der Waals surface area contributed by atoms with Gasteiger partial charge in [-0.25, -0.2) is 4.79 Å². The summed E-state index contributed by atoms with van der Waals surface area (Å²) >= 11 is 1.52. The van der Waals surface area contributed by atoms with Gasteiger partial charge in [0.2, 0.25) is 23.6 Å². The van der Waals surface area contributed by atoms with Crippen molar-refractivity contribution >= 4 is 41.5 Å². The third kappa shape index (κ3) is 18.6. The van der Waals surface area contributed by atoms with E-state index in [1.54, 1.807) is 41.5 Å². The van der Waals surface area contributed by atoms with Crippen LogP contribution in [0, 0.1) is 29.6 Å². The molecule has 0 unspecified atom stereocenters. The molecular weight excluding hydrogens is 622 g/mol. The molecule has 0 aliphatic heterocycles. The molecule has 0 aliphatic rings. The molecule has 0 heterocycles. The number of thioether (sulfide) groups is 1. The molecule has 13 heteroatoms. The van der Waals surface area contributed by atoms with Crippen molar-refractivity contribution in [3.8, 4) is 0 Å². The highest BCUT2D eigenvalue weighted by molar-refractivity contribution is 7.98. The molecule has 12 nitrogen and oxygen atoms in total. The number of amides is 5. The standard InChI is InChI=1S/C34H65N5O7S/c1-19(2)16-25(26(40)17-23(9)29(41)38-27(21(5)6)31(43)35-18-20(3)4)37-30(42)24(14-15-47-13)36-32(44)28(22(7)8)39-33(45)46-34(10,11)12/h19-28,40H,14-18H2,1-13H3,(H,35,43)(H,36,44)(H,37,42)(H,38,41)(H,39,45)/t23-,24+,25+,26+,27+,28+/m1/s1. The van der Waals surface area contributed by atoms with Crippen LogP contribution in [0.4, 0.5) is 4.79 Å². The summed E-state index contributed by atoms with van der Waals surface area (Å²) in [5, 5.41) is 25.3. The fourth-order valence-corrected chi connectivity index (χ4v) is 5.19. The van der Waals surface area contributed by atoms with Crippen LogP contribution in [0.3, 0.4) is 0 Å². The van der Waals surface area contributed by atoms with Gasteiger partial charge in [0, 0.05) is 12.5 Å². The molecule has 0 aromatic heterocycles. The van der Waals surface area contributed by atoms with Crippen LogP contribution in [-0.2, 0) is 23.9 Å². The molecule has 6 N–H and O–H groups in total. The van der Waals surface area contributed by atoms with Crippen molar-refractivity contribution in [1.82, 2.24) is 26.6 Å². The van der Waals surface area contributed by atoms with E-state index in [4.69, 9.17) is 4.74 Å². The van der Waals surface area contributed by atoms with Gasteiger partial charge in [-0.15, -0.1) is 0 Å². The van der Waals surface area contributed by atoms with Gasteiger partial charge in [0.05, 0.1) is 12.1 Å². The van der Waals surface area contributed by atoms with E-state index in [2.05, 4.69) is 26.6 Å². The van der Waals surface area contributed by atoms with Crippen molar-refractivity contribution in [3.63, 3.8) is 0 Å². The Labute approximate surface area is 287 Å². The Morgan fingerprint density at radius 3 is 1.72 bits per heavy atom. The molecule has 0 spiro atoms. The maximum atomic E-state index is 13.6. The molecule has 274 valence electrons. The Balaban J connectivity index is 5.75.